The molecule has 104 valence electrons. The summed E-state index contributed by atoms with van der Waals surface area (Å²) in [6.07, 6.45) is 2.81. The van der Waals surface area contributed by atoms with Crippen molar-refractivity contribution in [2.75, 3.05) is 0 Å². The Morgan fingerprint density at radius 3 is 2.74 bits per heavy atom. The van der Waals surface area contributed by atoms with Crippen molar-refractivity contribution in [3.8, 4) is 5.75 Å². The lowest BCUT2D eigenvalue weighted by Crippen LogP contribution is -2.09. The van der Waals surface area contributed by atoms with Crippen LogP contribution < -0.4 is 0 Å². The first kappa shape index (κ1) is 15.2. The maximum Gasteiger partial charge on any atom is 0.327 e. The maximum absolute atomic E-state index is 13.2. The summed E-state index contributed by atoms with van der Waals surface area (Å²) in [4.78, 5) is 10.3. The number of phenolic OH excluding ortho intramolecular Hbond substituents is 1. The Bertz CT molecular complexity index is 471. The molecule has 0 aliphatic heterocycles. The van der Waals surface area contributed by atoms with Crippen molar-refractivity contribution in [3.05, 3.63) is 41.7 Å². The first-order valence-electron chi connectivity index (χ1n) is 5.97. The topological polar surface area (TPSA) is 77.8 Å². The Hall–Kier alpha value is -1.88. The van der Waals surface area contributed by atoms with Crippen LogP contribution in [0.3, 0.4) is 0 Å². The molecule has 4 nitrogen and oxygen atoms in total. The average Bonchev–Trinajstić information content (AvgIpc) is 2.36. The van der Waals surface area contributed by atoms with Gasteiger partial charge >= 0.3 is 5.97 Å². The summed E-state index contributed by atoms with van der Waals surface area (Å²) in [5, 5.41) is 27.5. The fourth-order valence-corrected chi connectivity index (χ4v) is 1.74. The number of halogens is 1. The van der Waals surface area contributed by atoms with Crippen molar-refractivity contribution in [3.63, 3.8) is 0 Å². The monoisotopic (exact) mass is 268 g/mol. The third-order valence-corrected chi connectivity index (χ3v) is 2.90. The largest absolute Gasteiger partial charge is 0.505 e. The highest BCUT2D eigenvalue weighted by Crippen LogP contribution is 2.28. The molecule has 0 unspecified atom stereocenters. The van der Waals surface area contributed by atoms with Crippen LogP contribution in [0.4, 0.5) is 4.39 Å². The van der Waals surface area contributed by atoms with Gasteiger partial charge in [-0.05, 0) is 36.5 Å². The molecule has 0 spiro atoms. The normalized spacial score (nSPS) is 14.5. The van der Waals surface area contributed by atoms with E-state index in [1.165, 1.54) is 18.2 Å². The highest BCUT2D eigenvalue weighted by Gasteiger charge is 2.17. The van der Waals surface area contributed by atoms with Crippen LogP contribution in [-0.2, 0) is 4.79 Å². The number of benzene rings is 1. The summed E-state index contributed by atoms with van der Waals surface area (Å²) in [5.74, 6) is -2.38. The van der Waals surface area contributed by atoms with Crippen molar-refractivity contribution < 1.29 is 24.5 Å². The van der Waals surface area contributed by atoms with Gasteiger partial charge in [-0.1, -0.05) is 19.1 Å². The van der Waals surface area contributed by atoms with E-state index in [0.29, 0.717) is 18.4 Å². The van der Waals surface area contributed by atoms with Gasteiger partial charge in [0.25, 0.3) is 0 Å². The second-order valence-corrected chi connectivity index (χ2v) is 4.45. The molecule has 2 atom stereocenters. The van der Waals surface area contributed by atoms with E-state index in [9.17, 15) is 14.3 Å². The van der Waals surface area contributed by atoms with Gasteiger partial charge in [-0.25, -0.2) is 9.18 Å². The third-order valence-electron chi connectivity index (χ3n) is 2.90. The number of aliphatic hydroxyl groups excluding tert-OH is 1. The van der Waals surface area contributed by atoms with Gasteiger partial charge in [-0.15, -0.1) is 0 Å². The van der Waals surface area contributed by atoms with Crippen LogP contribution >= 0.6 is 0 Å². The Balaban J connectivity index is 2.58. The molecule has 0 saturated carbocycles. The second kappa shape index (κ2) is 6.89. The van der Waals surface area contributed by atoms with Gasteiger partial charge in [0.05, 0.1) is 6.10 Å². The molecule has 0 amide bonds. The van der Waals surface area contributed by atoms with Crippen molar-refractivity contribution in [1.29, 1.82) is 0 Å². The predicted octanol–water partition coefficient (Wildman–Crippen LogP) is 2.62. The SMILES string of the molecule is C[C@@H](CC/C=C/C(=O)O)[C@H](O)c1ccc(O)c(F)c1. The lowest BCUT2D eigenvalue weighted by molar-refractivity contribution is -0.131. The Labute approximate surface area is 110 Å². The number of carbonyl (C=O) groups is 1. The molecule has 0 radical (unpaired) electrons. The molecule has 1 rings (SSSR count). The number of hydrogen-bond donors (Lipinski definition) is 3. The second-order valence-electron chi connectivity index (χ2n) is 4.45. The maximum atomic E-state index is 13.2. The van der Waals surface area contributed by atoms with E-state index in [-0.39, 0.29) is 5.92 Å². The number of hydrogen-bond acceptors (Lipinski definition) is 3. The molecule has 0 aliphatic rings. The number of allylic oxidation sites excluding steroid dienone is 1. The molecule has 1 aromatic rings. The molecular formula is C14H17FO4. The summed E-state index contributed by atoms with van der Waals surface area (Å²) in [6.45, 7) is 1.80. The van der Waals surface area contributed by atoms with Crippen molar-refractivity contribution >= 4 is 5.97 Å². The lowest BCUT2D eigenvalue weighted by Gasteiger charge is -2.18. The Kier molecular flexibility index (Phi) is 5.51. The third kappa shape index (κ3) is 4.71. The number of aliphatic hydroxyl groups is 1. The number of aliphatic carboxylic acids is 1. The van der Waals surface area contributed by atoms with Gasteiger partial charge in [0.2, 0.25) is 0 Å². The first-order chi connectivity index (χ1) is 8.91. The quantitative estimate of drug-likeness (QED) is 0.693. The van der Waals surface area contributed by atoms with Crippen LogP contribution in [0.5, 0.6) is 5.75 Å². The summed E-state index contributed by atoms with van der Waals surface area (Å²) in [7, 11) is 0. The minimum atomic E-state index is -1.01. The molecular weight excluding hydrogens is 251 g/mol. The summed E-state index contributed by atoms with van der Waals surface area (Å²) >= 11 is 0. The number of carboxylic acids is 1. The van der Waals surface area contributed by atoms with Gasteiger partial charge in [0.1, 0.15) is 0 Å². The molecule has 0 heterocycles. The number of rotatable bonds is 6. The van der Waals surface area contributed by atoms with Gasteiger partial charge in [-0.3, -0.25) is 0 Å². The number of phenols is 1. The Morgan fingerprint density at radius 2 is 2.16 bits per heavy atom. The van der Waals surface area contributed by atoms with E-state index in [2.05, 4.69) is 0 Å². The fraction of sp³-hybridized carbons (Fsp3) is 0.357. The fourth-order valence-electron chi connectivity index (χ4n) is 1.74. The van der Waals surface area contributed by atoms with Gasteiger partial charge < -0.3 is 15.3 Å². The van der Waals surface area contributed by atoms with Crippen molar-refractivity contribution in [1.82, 2.24) is 0 Å². The molecule has 19 heavy (non-hydrogen) atoms. The molecule has 5 heteroatoms. The summed E-state index contributed by atoms with van der Waals surface area (Å²) in [6, 6.07) is 3.77. The van der Waals surface area contributed by atoms with Crippen LogP contribution in [0.25, 0.3) is 0 Å². The standard InChI is InChI=1S/C14H17FO4/c1-9(4-2-3-5-13(17)18)14(19)10-6-7-12(16)11(15)8-10/h3,5-9,14,16,19H,2,4H2,1H3,(H,17,18)/b5-3+/t9-,14-/m0/s1. The van der Waals surface area contributed by atoms with Crippen molar-refractivity contribution in [2.45, 2.75) is 25.9 Å². The average molecular weight is 268 g/mol. The number of carboxylic acid groups (broad SMARTS) is 1. The van der Waals surface area contributed by atoms with Crippen LogP contribution in [0.15, 0.2) is 30.4 Å². The van der Waals surface area contributed by atoms with E-state index in [1.54, 1.807) is 6.92 Å². The van der Waals surface area contributed by atoms with E-state index < -0.39 is 23.6 Å². The van der Waals surface area contributed by atoms with Crippen LogP contribution in [0, 0.1) is 11.7 Å². The van der Waals surface area contributed by atoms with E-state index in [1.807, 2.05) is 0 Å². The van der Waals surface area contributed by atoms with Gasteiger partial charge in [0.15, 0.2) is 11.6 Å². The molecule has 3 N–H and O–H groups in total. The van der Waals surface area contributed by atoms with E-state index in [0.717, 1.165) is 12.1 Å². The highest BCUT2D eigenvalue weighted by molar-refractivity contribution is 5.79. The highest BCUT2D eigenvalue weighted by atomic mass is 19.1. The lowest BCUT2D eigenvalue weighted by atomic mass is 9.93. The van der Waals surface area contributed by atoms with Crippen LogP contribution in [-0.4, -0.2) is 21.3 Å². The number of aromatic hydroxyl groups is 1. The van der Waals surface area contributed by atoms with Crippen LogP contribution in [0.1, 0.15) is 31.4 Å². The minimum Gasteiger partial charge on any atom is -0.505 e. The van der Waals surface area contributed by atoms with Crippen molar-refractivity contribution in [2.24, 2.45) is 5.92 Å². The van der Waals surface area contributed by atoms with E-state index >= 15 is 0 Å². The van der Waals surface area contributed by atoms with Crippen LogP contribution in [0.2, 0.25) is 0 Å². The summed E-state index contributed by atoms with van der Waals surface area (Å²) in [5.41, 5.74) is 0.394. The van der Waals surface area contributed by atoms with E-state index in [4.69, 9.17) is 10.2 Å². The molecule has 0 fully saturated rings. The minimum absolute atomic E-state index is 0.151. The zero-order valence-corrected chi connectivity index (χ0v) is 10.6. The molecule has 0 bridgehead atoms. The van der Waals surface area contributed by atoms with Gasteiger partial charge in [0, 0.05) is 6.08 Å². The molecule has 1 aromatic carbocycles. The predicted molar refractivity (Wildman–Crippen MR) is 68.2 cm³/mol. The Morgan fingerprint density at radius 1 is 1.47 bits per heavy atom. The zero-order valence-electron chi connectivity index (χ0n) is 10.6. The first-order valence-corrected chi connectivity index (χ1v) is 5.97. The molecule has 0 saturated heterocycles. The van der Waals surface area contributed by atoms with Gasteiger partial charge in [-0.2, -0.15) is 0 Å². The smallest absolute Gasteiger partial charge is 0.327 e. The summed E-state index contributed by atoms with van der Waals surface area (Å²) < 4.78 is 13.2. The molecule has 0 aromatic heterocycles. The zero-order chi connectivity index (χ0) is 14.4. The molecule has 0 aliphatic carbocycles.